The fourth-order valence-electron chi connectivity index (χ4n) is 4.12. The van der Waals surface area contributed by atoms with Crippen molar-refractivity contribution in [1.82, 2.24) is 9.80 Å². The van der Waals surface area contributed by atoms with E-state index in [1.807, 2.05) is 0 Å². The van der Waals surface area contributed by atoms with Crippen LogP contribution in [0.1, 0.15) is 16.8 Å². The van der Waals surface area contributed by atoms with Gasteiger partial charge in [0.05, 0.1) is 32.4 Å². The van der Waals surface area contributed by atoms with Crippen LogP contribution in [0.15, 0.2) is 48.5 Å². The predicted octanol–water partition coefficient (Wildman–Crippen LogP) is 1.94. The minimum absolute atomic E-state index is 0.130. The molecule has 174 valence electrons. The average Bonchev–Trinajstić information content (AvgIpc) is 3.14. The summed E-state index contributed by atoms with van der Waals surface area (Å²) >= 11 is 0. The van der Waals surface area contributed by atoms with Crippen molar-refractivity contribution in [2.75, 3.05) is 51.4 Å². The number of morpholine rings is 1. The molecule has 2 fully saturated rings. The molecule has 4 rings (SSSR count). The SMILES string of the molecule is COc1cccc(C(=O)N(CCN2CCOCC2)C2CC(=O)N(c3ccc(F)cc3)C2=O)c1. The van der Waals surface area contributed by atoms with Crippen LogP contribution in [0, 0.1) is 5.82 Å². The molecule has 0 N–H and O–H groups in total. The standard InChI is InChI=1S/C24H26FN3O5/c1-32-20-4-2-3-17(15-20)23(30)27(10-9-26-11-13-33-14-12-26)21-16-22(29)28(24(21)31)19-7-5-18(25)6-8-19/h2-8,15,21H,9-14,16H2,1H3. The van der Waals surface area contributed by atoms with Gasteiger partial charge in [0.1, 0.15) is 17.6 Å². The summed E-state index contributed by atoms with van der Waals surface area (Å²) < 4.78 is 24.0. The fourth-order valence-corrected chi connectivity index (χ4v) is 4.12. The van der Waals surface area contributed by atoms with Crippen LogP contribution in [0.3, 0.4) is 0 Å². The third-order valence-electron chi connectivity index (χ3n) is 5.92. The Morgan fingerprint density at radius 1 is 1.15 bits per heavy atom. The summed E-state index contributed by atoms with van der Waals surface area (Å²) in [4.78, 5) is 44.3. The fraction of sp³-hybridized carbons (Fsp3) is 0.375. The van der Waals surface area contributed by atoms with Crippen LogP contribution < -0.4 is 9.64 Å². The van der Waals surface area contributed by atoms with E-state index in [2.05, 4.69) is 4.90 Å². The van der Waals surface area contributed by atoms with Gasteiger partial charge in [0.2, 0.25) is 5.91 Å². The lowest BCUT2D eigenvalue weighted by atomic mass is 10.1. The summed E-state index contributed by atoms with van der Waals surface area (Å²) in [6.45, 7) is 3.53. The zero-order valence-corrected chi connectivity index (χ0v) is 18.4. The molecule has 3 amide bonds. The van der Waals surface area contributed by atoms with Crippen LogP contribution in [0.5, 0.6) is 5.75 Å². The van der Waals surface area contributed by atoms with Crippen molar-refractivity contribution in [2.24, 2.45) is 0 Å². The monoisotopic (exact) mass is 455 g/mol. The van der Waals surface area contributed by atoms with Gasteiger partial charge in [0.25, 0.3) is 11.8 Å². The molecule has 2 saturated heterocycles. The van der Waals surface area contributed by atoms with Gasteiger partial charge in [-0.15, -0.1) is 0 Å². The van der Waals surface area contributed by atoms with Crippen molar-refractivity contribution in [1.29, 1.82) is 0 Å². The number of anilines is 1. The highest BCUT2D eigenvalue weighted by molar-refractivity contribution is 6.23. The molecule has 0 aromatic heterocycles. The molecule has 8 nitrogen and oxygen atoms in total. The van der Waals surface area contributed by atoms with Gasteiger partial charge in [0, 0.05) is 31.7 Å². The molecule has 0 radical (unpaired) electrons. The average molecular weight is 455 g/mol. The Bertz CT molecular complexity index is 1020. The van der Waals surface area contributed by atoms with E-state index in [1.54, 1.807) is 24.3 Å². The van der Waals surface area contributed by atoms with Gasteiger partial charge in [0.15, 0.2) is 0 Å². The summed E-state index contributed by atoms with van der Waals surface area (Å²) in [5.41, 5.74) is 0.660. The third-order valence-corrected chi connectivity index (χ3v) is 5.92. The number of amides is 3. The lowest BCUT2D eigenvalue weighted by Crippen LogP contribution is -2.49. The summed E-state index contributed by atoms with van der Waals surface area (Å²) in [6, 6.07) is 10.9. The Balaban J connectivity index is 1.60. The van der Waals surface area contributed by atoms with E-state index in [0.717, 1.165) is 18.0 Å². The van der Waals surface area contributed by atoms with Gasteiger partial charge >= 0.3 is 0 Å². The second-order valence-corrected chi connectivity index (χ2v) is 7.95. The first-order valence-corrected chi connectivity index (χ1v) is 10.9. The van der Waals surface area contributed by atoms with Crippen molar-refractivity contribution in [2.45, 2.75) is 12.5 Å². The molecule has 2 aliphatic rings. The summed E-state index contributed by atoms with van der Waals surface area (Å²) in [7, 11) is 1.51. The quantitative estimate of drug-likeness (QED) is 0.594. The molecule has 0 saturated carbocycles. The number of hydrogen-bond acceptors (Lipinski definition) is 6. The second-order valence-electron chi connectivity index (χ2n) is 7.95. The van der Waals surface area contributed by atoms with Crippen LogP contribution in [-0.4, -0.2) is 80.1 Å². The molecular formula is C24H26FN3O5. The van der Waals surface area contributed by atoms with Crippen molar-refractivity contribution in [3.05, 3.63) is 59.9 Å². The molecule has 2 aromatic rings. The highest BCUT2D eigenvalue weighted by atomic mass is 19.1. The Morgan fingerprint density at radius 3 is 2.58 bits per heavy atom. The zero-order valence-electron chi connectivity index (χ0n) is 18.4. The van der Waals surface area contributed by atoms with Crippen LogP contribution in [0.25, 0.3) is 0 Å². The number of nitrogens with zero attached hydrogens (tertiary/aromatic N) is 3. The first-order valence-electron chi connectivity index (χ1n) is 10.9. The summed E-state index contributed by atoms with van der Waals surface area (Å²) in [6.07, 6.45) is -0.130. The highest BCUT2D eigenvalue weighted by Crippen LogP contribution is 2.27. The number of rotatable bonds is 7. The van der Waals surface area contributed by atoms with Crippen LogP contribution in [-0.2, 0) is 14.3 Å². The Morgan fingerprint density at radius 2 is 1.88 bits per heavy atom. The summed E-state index contributed by atoms with van der Waals surface area (Å²) in [5.74, 6) is -1.21. The molecule has 0 spiro atoms. The first kappa shape index (κ1) is 22.9. The Hall–Kier alpha value is -3.30. The summed E-state index contributed by atoms with van der Waals surface area (Å²) in [5, 5.41) is 0. The zero-order chi connectivity index (χ0) is 23.4. The van der Waals surface area contributed by atoms with E-state index in [0.29, 0.717) is 31.1 Å². The van der Waals surface area contributed by atoms with Gasteiger partial charge < -0.3 is 14.4 Å². The molecule has 2 heterocycles. The molecule has 0 aliphatic carbocycles. The topological polar surface area (TPSA) is 79.4 Å². The Labute approximate surface area is 191 Å². The van der Waals surface area contributed by atoms with Gasteiger partial charge in [-0.05, 0) is 42.5 Å². The second kappa shape index (κ2) is 10.1. The molecule has 2 aliphatic heterocycles. The smallest absolute Gasteiger partial charge is 0.257 e. The number of hydrogen-bond donors (Lipinski definition) is 0. The minimum atomic E-state index is -0.942. The number of methoxy groups -OCH3 is 1. The van der Waals surface area contributed by atoms with Crippen LogP contribution in [0.2, 0.25) is 0 Å². The van der Waals surface area contributed by atoms with Crippen molar-refractivity contribution < 1.29 is 28.2 Å². The molecule has 1 unspecified atom stereocenters. The Kier molecular flexibility index (Phi) is 7.00. The minimum Gasteiger partial charge on any atom is -0.497 e. The molecule has 33 heavy (non-hydrogen) atoms. The van der Waals surface area contributed by atoms with E-state index in [-0.39, 0.29) is 24.6 Å². The maximum absolute atomic E-state index is 13.5. The molecule has 1 atom stereocenters. The van der Waals surface area contributed by atoms with E-state index in [1.165, 1.54) is 36.3 Å². The number of carbonyl (C=O) groups is 3. The first-order chi connectivity index (χ1) is 16.0. The van der Waals surface area contributed by atoms with E-state index in [9.17, 15) is 18.8 Å². The van der Waals surface area contributed by atoms with Gasteiger partial charge in [-0.1, -0.05) is 6.07 Å². The van der Waals surface area contributed by atoms with Gasteiger partial charge in [-0.2, -0.15) is 0 Å². The largest absolute Gasteiger partial charge is 0.497 e. The van der Waals surface area contributed by atoms with Gasteiger partial charge in [-0.3, -0.25) is 19.3 Å². The lowest BCUT2D eigenvalue weighted by Gasteiger charge is -2.32. The van der Waals surface area contributed by atoms with Crippen molar-refractivity contribution >= 4 is 23.4 Å². The normalized spacial score (nSPS) is 19.1. The number of imide groups is 1. The number of carbonyl (C=O) groups excluding carboxylic acids is 3. The predicted molar refractivity (Wildman–Crippen MR) is 119 cm³/mol. The van der Waals surface area contributed by atoms with Crippen molar-refractivity contribution in [3.63, 3.8) is 0 Å². The lowest BCUT2D eigenvalue weighted by molar-refractivity contribution is -0.122. The van der Waals surface area contributed by atoms with E-state index >= 15 is 0 Å². The number of ether oxygens (including phenoxy) is 2. The van der Waals surface area contributed by atoms with Crippen LogP contribution >= 0.6 is 0 Å². The van der Waals surface area contributed by atoms with Crippen LogP contribution in [0.4, 0.5) is 10.1 Å². The molecule has 2 aromatic carbocycles. The number of halogens is 1. The van der Waals surface area contributed by atoms with E-state index < -0.39 is 23.7 Å². The van der Waals surface area contributed by atoms with E-state index in [4.69, 9.17) is 9.47 Å². The molecule has 9 heteroatoms. The number of benzene rings is 2. The van der Waals surface area contributed by atoms with Gasteiger partial charge in [-0.25, -0.2) is 9.29 Å². The third kappa shape index (κ3) is 5.04. The van der Waals surface area contributed by atoms with Crippen molar-refractivity contribution in [3.8, 4) is 5.75 Å². The maximum Gasteiger partial charge on any atom is 0.257 e. The highest BCUT2D eigenvalue weighted by Gasteiger charge is 2.44. The molecule has 0 bridgehead atoms. The maximum atomic E-state index is 13.5. The molecular weight excluding hydrogens is 429 g/mol.